The van der Waals surface area contributed by atoms with Crippen LogP contribution in [0.4, 0.5) is 18.9 Å². The number of rotatable bonds is 7. The van der Waals surface area contributed by atoms with Crippen molar-refractivity contribution < 1.29 is 35.9 Å². The fraction of sp³-hybridized carbons (Fsp3) is 0.176. The number of aliphatic hydroxyl groups is 1. The molecule has 4 heterocycles. The van der Waals surface area contributed by atoms with E-state index in [2.05, 4.69) is 10.0 Å². The highest BCUT2D eigenvalue weighted by molar-refractivity contribution is 7.92. The van der Waals surface area contributed by atoms with Crippen LogP contribution < -0.4 is 10.0 Å². The molecule has 0 radical (unpaired) electrons. The number of nitrogens with one attached hydrogen (secondary N) is 2. The summed E-state index contributed by atoms with van der Waals surface area (Å²) in [6.45, 7) is 1.28. The van der Waals surface area contributed by atoms with Crippen LogP contribution >= 0.6 is 0 Å². The molecule has 0 saturated heterocycles. The maximum Gasteiger partial charge on any atom is 0.255 e. The van der Waals surface area contributed by atoms with Crippen molar-refractivity contribution in [3.05, 3.63) is 95.3 Å². The van der Waals surface area contributed by atoms with Crippen LogP contribution in [0.3, 0.4) is 0 Å². The lowest BCUT2D eigenvalue weighted by atomic mass is 9.96. The zero-order valence-corrected chi connectivity index (χ0v) is 25.9. The van der Waals surface area contributed by atoms with Gasteiger partial charge in [-0.15, -0.1) is 0 Å². The minimum absolute atomic E-state index is 0.0431. The van der Waals surface area contributed by atoms with Crippen molar-refractivity contribution >= 4 is 43.5 Å². The molecule has 1 aliphatic rings. The van der Waals surface area contributed by atoms with Gasteiger partial charge >= 0.3 is 0 Å². The number of benzene rings is 3. The molecule has 1 unspecified atom stereocenters. The van der Waals surface area contributed by atoms with Gasteiger partial charge in [-0.05, 0) is 61.4 Å². The summed E-state index contributed by atoms with van der Waals surface area (Å²) in [6, 6.07) is 15.3. The van der Waals surface area contributed by atoms with Crippen molar-refractivity contribution in [2.24, 2.45) is 0 Å². The molecule has 1 amide bonds. The van der Waals surface area contributed by atoms with Crippen LogP contribution in [0.5, 0.6) is 0 Å². The summed E-state index contributed by atoms with van der Waals surface area (Å²) in [6.07, 6.45) is 0.413. The molecule has 3 aromatic carbocycles. The lowest BCUT2D eigenvalue weighted by Crippen LogP contribution is -2.22. The van der Waals surface area contributed by atoms with Crippen LogP contribution in [0.1, 0.15) is 28.9 Å². The number of pyridine rings is 1. The number of carbonyl (C=O) groups is 1. The third kappa shape index (κ3) is 5.02. The van der Waals surface area contributed by atoms with Gasteiger partial charge in [-0.2, -0.15) is 0 Å². The molecular formula is C34H27F3N4O5S. The Morgan fingerprint density at radius 3 is 2.55 bits per heavy atom. The van der Waals surface area contributed by atoms with Gasteiger partial charge in [-0.1, -0.05) is 12.1 Å². The molecule has 240 valence electrons. The lowest BCUT2D eigenvalue weighted by Gasteiger charge is -2.27. The lowest BCUT2D eigenvalue weighted by molar-refractivity contribution is 0.0964. The van der Waals surface area contributed by atoms with E-state index < -0.39 is 33.4 Å². The maximum absolute atomic E-state index is 15.0. The quantitative estimate of drug-likeness (QED) is 0.182. The number of nitrogens with zero attached hydrogens (tertiary/aromatic N) is 2. The molecular weight excluding hydrogens is 633 g/mol. The smallest absolute Gasteiger partial charge is 0.255 e. The molecule has 0 spiro atoms. The van der Waals surface area contributed by atoms with E-state index in [0.717, 1.165) is 17.7 Å². The Balaban J connectivity index is 1.49. The number of anilines is 1. The Bertz CT molecular complexity index is 2370. The Hall–Kier alpha value is -5.14. The Kier molecular flexibility index (Phi) is 7.32. The molecule has 13 heteroatoms. The Morgan fingerprint density at radius 1 is 1.02 bits per heavy atom. The minimum Gasteiger partial charge on any atom is -0.455 e. The summed E-state index contributed by atoms with van der Waals surface area (Å²) in [4.78, 5) is 18.2. The Labute approximate surface area is 266 Å². The van der Waals surface area contributed by atoms with E-state index in [4.69, 9.17) is 9.40 Å². The topological polar surface area (TPSA) is 126 Å². The molecule has 1 atom stereocenters. The highest BCUT2D eigenvalue weighted by Gasteiger charge is 2.30. The van der Waals surface area contributed by atoms with Gasteiger partial charge < -0.3 is 19.4 Å². The van der Waals surface area contributed by atoms with Gasteiger partial charge in [0.2, 0.25) is 10.0 Å². The van der Waals surface area contributed by atoms with Gasteiger partial charge in [0.25, 0.3) is 5.91 Å². The highest BCUT2D eigenvalue weighted by atomic mass is 32.2. The first-order valence-electron chi connectivity index (χ1n) is 14.7. The van der Waals surface area contributed by atoms with E-state index in [1.807, 2.05) is 10.6 Å². The van der Waals surface area contributed by atoms with E-state index >= 15 is 0 Å². The summed E-state index contributed by atoms with van der Waals surface area (Å²) in [5.74, 6) is -3.22. The molecule has 7 rings (SSSR count). The van der Waals surface area contributed by atoms with Crippen molar-refractivity contribution in [1.82, 2.24) is 14.9 Å². The van der Waals surface area contributed by atoms with Crippen molar-refractivity contribution in [2.75, 3.05) is 24.1 Å². The average molecular weight is 661 g/mol. The van der Waals surface area contributed by atoms with Crippen LogP contribution in [-0.2, 0) is 16.4 Å². The third-order valence-electron chi connectivity index (χ3n) is 8.46. The van der Waals surface area contributed by atoms with Gasteiger partial charge in [0.05, 0.1) is 57.8 Å². The standard InChI is InChI=1S/C34H27F3N4O5S/c1-3-47(44,45)40-27-15-30-23(31(34(43)38-2)33(46-30)20-9-8-18(35)12-25(20)37)13-22(27)26-10-7-17-11-19(16-42)41-28-6-4-5-24(36)21(28)14-29(41)32(17)39-26/h4-10,12-15,19,40,42H,3,11,16H2,1-2H3,(H,38,43). The second-order valence-corrected chi connectivity index (χ2v) is 13.2. The summed E-state index contributed by atoms with van der Waals surface area (Å²) in [5, 5.41) is 13.4. The normalized spacial score (nSPS) is 14.3. The zero-order chi connectivity index (χ0) is 33.2. The first-order chi connectivity index (χ1) is 22.5. The van der Waals surface area contributed by atoms with Gasteiger partial charge in [0.1, 0.15) is 23.0 Å². The second-order valence-electron chi connectivity index (χ2n) is 11.2. The molecule has 47 heavy (non-hydrogen) atoms. The fourth-order valence-corrected chi connectivity index (χ4v) is 6.85. The molecule has 0 aliphatic carbocycles. The molecule has 6 aromatic rings. The number of furan rings is 1. The minimum atomic E-state index is -3.83. The predicted molar refractivity (Wildman–Crippen MR) is 172 cm³/mol. The number of aliphatic hydroxyl groups excluding tert-OH is 1. The molecule has 3 aromatic heterocycles. The first-order valence-corrected chi connectivity index (χ1v) is 16.4. The van der Waals surface area contributed by atoms with E-state index in [1.165, 1.54) is 32.2 Å². The SMILES string of the molecule is CCS(=O)(=O)Nc1cc2oc(-c3ccc(F)cc3F)c(C(=O)NC)c2cc1-c1ccc2c(n1)-c1cc3c(F)cccc3n1C(CO)C2. The van der Waals surface area contributed by atoms with E-state index in [1.54, 1.807) is 24.3 Å². The predicted octanol–water partition coefficient (Wildman–Crippen LogP) is 6.41. The van der Waals surface area contributed by atoms with Crippen LogP contribution in [0.25, 0.3) is 55.8 Å². The number of amides is 1. The monoisotopic (exact) mass is 660 g/mol. The van der Waals surface area contributed by atoms with E-state index in [0.29, 0.717) is 40.5 Å². The number of hydrogen-bond donors (Lipinski definition) is 3. The summed E-state index contributed by atoms with van der Waals surface area (Å²) in [7, 11) is -2.44. The summed E-state index contributed by atoms with van der Waals surface area (Å²) >= 11 is 0. The summed E-state index contributed by atoms with van der Waals surface area (Å²) < 4.78 is 79.7. The molecule has 3 N–H and O–H groups in total. The number of carbonyl (C=O) groups excluding carboxylic acids is 1. The van der Waals surface area contributed by atoms with Crippen LogP contribution in [0.15, 0.2) is 71.1 Å². The van der Waals surface area contributed by atoms with E-state index in [-0.39, 0.29) is 57.5 Å². The fourth-order valence-electron chi connectivity index (χ4n) is 6.20. The number of sulfonamides is 1. The van der Waals surface area contributed by atoms with Gasteiger partial charge in [0.15, 0.2) is 5.76 Å². The number of hydrogen-bond acceptors (Lipinski definition) is 6. The average Bonchev–Trinajstić information content (AvgIpc) is 3.63. The van der Waals surface area contributed by atoms with Crippen LogP contribution in [-0.4, -0.2) is 48.4 Å². The van der Waals surface area contributed by atoms with Crippen LogP contribution in [0.2, 0.25) is 0 Å². The molecule has 9 nitrogen and oxygen atoms in total. The van der Waals surface area contributed by atoms with Crippen molar-refractivity contribution in [3.63, 3.8) is 0 Å². The second kappa shape index (κ2) is 11.3. The molecule has 0 bridgehead atoms. The van der Waals surface area contributed by atoms with Crippen LogP contribution in [0, 0.1) is 17.5 Å². The zero-order valence-electron chi connectivity index (χ0n) is 25.1. The molecule has 1 aliphatic heterocycles. The van der Waals surface area contributed by atoms with Crippen molar-refractivity contribution in [2.45, 2.75) is 19.4 Å². The number of fused-ring (bicyclic) bond motifs is 6. The Morgan fingerprint density at radius 2 is 1.83 bits per heavy atom. The van der Waals surface area contributed by atoms with Crippen molar-refractivity contribution in [1.29, 1.82) is 0 Å². The highest BCUT2D eigenvalue weighted by Crippen LogP contribution is 2.43. The summed E-state index contributed by atoms with van der Waals surface area (Å²) in [5.41, 5.74) is 3.04. The number of aromatic nitrogens is 2. The van der Waals surface area contributed by atoms with Crippen molar-refractivity contribution in [3.8, 4) is 34.0 Å². The molecule has 0 fully saturated rings. The van der Waals surface area contributed by atoms with E-state index in [9.17, 15) is 31.5 Å². The third-order valence-corrected chi connectivity index (χ3v) is 9.75. The van der Waals surface area contributed by atoms with Gasteiger partial charge in [-0.25, -0.2) is 26.6 Å². The first kappa shape index (κ1) is 30.5. The van der Waals surface area contributed by atoms with Gasteiger partial charge in [0, 0.05) is 35.5 Å². The largest absolute Gasteiger partial charge is 0.455 e. The van der Waals surface area contributed by atoms with Gasteiger partial charge in [-0.3, -0.25) is 9.52 Å². The maximum atomic E-state index is 15.0. The number of halogens is 3. The molecule has 0 saturated carbocycles.